The summed E-state index contributed by atoms with van der Waals surface area (Å²) < 4.78 is 5.26. The van der Waals surface area contributed by atoms with Crippen LogP contribution in [-0.2, 0) is 0 Å². The molecule has 43 heavy (non-hydrogen) atoms. The summed E-state index contributed by atoms with van der Waals surface area (Å²) in [4.78, 5) is 15.1. The quantitative estimate of drug-likeness (QED) is 0.208. The predicted molar refractivity (Wildman–Crippen MR) is 182 cm³/mol. The zero-order chi connectivity index (χ0) is 28.5. The number of nitrogens with zero attached hydrogens (tertiary/aromatic N) is 2. The lowest BCUT2D eigenvalue weighted by atomic mass is 9.99. The van der Waals surface area contributed by atoms with Gasteiger partial charge in [-0.3, -0.25) is 9.20 Å². The molecule has 0 atom stereocenters. The maximum atomic E-state index is 14.1. The summed E-state index contributed by atoms with van der Waals surface area (Å²) in [7, 11) is 0. The predicted octanol–water partition coefficient (Wildman–Crippen LogP) is 10.1. The van der Waals surface area contributed by atoms with Gasteiger partial charge in [0.25, 0.3) is 5.56 Å². The first-order valence-corrected chi connectivity index (χ1v) is 15.2. The molecule has 0 saturated carbocycles. The van der Waals surface area contributed by atoms with Gasteiger partial charge in [0.15, 0.2) is 0 Å². The Morgan fingerprint density at radius 1 is 0.465 bits per heavy atom. The van der Waals surface area contributed by atoms with E-state index in [-0.39, 0.29) is 5.56 Å². The minimum absolute atomic E-state index is 0.0209. The lowest BCUT2D eigenvalue weighted by molar-refractivity contribution is 1.18. The van der Waals surface area contributed by atoms with E-state index in [0.717, 1.165) is 59.3 Å². The molecule has 202 valence electrons. The third kappa shape index (κ3) is 3.57. The van der Waals surface area contributed by atoms with E-state index < -0.39 is 0 Å². The fraction of sp³-hybridized carbons (Fsp3) is 0. The SMILES string of the molecule is O=c1c2ccccc2sc2c(-c3ccc4c(c3)c3ccccc3n4-c3ccccc3)c3ccc(-c4ccccc4)cc3n12. The largest absolute Gasteiger partial charge is 0.309 e. The summed E-state index contributed by atoms with van der Waals surface area (Å²) in [5.74, 6) is 0. The number of para-hydroxylation sites is 2. The number of rotatable bonds is 3. The van der Waals surface area contributed by atoms with Gasteiger partial charge in [-0.2, -0.15) is 0 Å². The molecule has 0 bridgehead atoms. The van der Waals surface area contributed by atoms with Crippen molar-refractivity contribution < 1.29 is 0 Å². The van der Waals surface area contributed by atoms with Crippen molar-refractivity contribution >= 4 is 59.0 Å². The van der Waals surface area contributed by atoms with E-state index in [1.807, 2.05) is 28.7 Å². The summed E-state index contributed by atoms with van der Waals surface area (Å²) in [5.41, 5.74) is 8.86. The molecule has 0 aliphatic carbocycles. The molecular weight excluding hydrogens is 545 g/mol. The van der Waals surface area contributed by atoms with Crippen molar-refractivity contribution in [3.05, 3.63) is 156 Å². The van der Waals surface area contributed by atoms with Crippen LogP contribution in [0, 0.1) is 0 Å². The first kappa shape index (κ1) is 24.2. The van der Waals surface area contributed by atoms with Crippen LogP contribution < -0.4 is 5.56 Å². The molecule has 3 nitrogen and oxygen atoms in total. The van der Waals surface area contributed by atoms with Crippen LogP contribution in [0.1, 0.15) is 0 Å². The van der Waals surface area contributed by atoms with E-state index in [1.54, 1.807) is 11.3 Å². The van der Waals surface area contributed by atoms with Crippen LogP contribution in [0.3, 0.4) is 0 Å². The highest BCUT2D eigenvalue weighted by Gasteiger charge is 2.20. The maximum Gasteiger partial charge on any atom is 0.264 e. The average molecular weight is 569 g/mol. The molecule has 9 aromatic rings. The fourth-order valence-electron chi connectivity index (χ4n) is 6.59. The second-order valence-corrected chi connectivity index (χ2v) is 12.0. The molecule has 0 aliphatic heterocycles. The molecule has 0 unspecified atom stereocenters. The van der Waals surface area contributed by atoms with Crippen molar-refractivity contribution in [2.75, 3.05) is 0 Å². The van der Waals surface area contributed by atoms with Gasteiger partial charge in [-0.1, -0.05) is 97.1 Å². The van der Waals surface area contributed by atoms with E-state index >= 15 is 0 Å². The van der Waals surface area contributed by atoms with Crippen LogP contribution in [0.4, 0.5) is 0 Å². The van der Waals surface area contributed by atoms with E-state index in [0.29, 0.717) is 0 Å². The topological polar surface area (TPSA) is 26.4 Å². The summed E-state index contributed by atoms with van der Waals surface area (Å²) in [6.45, 7) is 0. The molecule has 0 radical (unpaired) electrons. The Morgan fingerprint density at radius 3 is 1.98 bits per heavy atom. The molecule has 4 heteroatoms. The summed E-state index contributed by atoms with van der Waals surface area (Å²) in [6, 6.07) is 50.7. The van der Waals surface area contributed by atoms with E-state index in [9.17, 15) is 4.79 Å². The standard InChI is InChI=1S/C39H24N2OS/c42-38-31-16-8-10-18-36(31)43-39-37(30-21-19-26(24-35(30)41(38)39)25-11-3-1-4-12-25)27-20-22-34-32(23-27)29-15-7-9-17-33(29)40(34)28-13-5-2-6-14-28/h1-24H. The highest BCUT2D eigenvalue weighted by molar-refractivity contribution is 7.24. The molecule has 9 rings (SSSR count). The normalized spacial score (nSPS) is 11.8. The Kier molecular flexibility index (Phi) is 5.22. The van der Waals surface area contributed by atoms with Gasteiger partial charge in [-0.15, -0.1) is 11.3 Å². The third-order valence-electron chi connectivity index (χ3n) is 8.53. The summed E-state index contributed by atoms with van der Waals surface area (Å²) in [6.07, 6.45) is 0. The van der Waals surface area contributed by atoms with Crippen molar-refractivity contribution in [2.45, 2.75) is 0 Å². The average Bonchev–Trinajstić information content (AvgIpc) is 3.57. The van der Waals surface area contributed by atoms with Gasteiger partial charge in [0.2, 0.25) is 0 Å². The number of fused-ring (bicyclic) bond motifs is 7. The molecule has 6 aromatic carbocycles. The Labute approximate surface area is 251 Å². The van der Waals surface area contributed by atoms with Gasteiger partial charge in [0.1, 0.15) is 4.83 Å². The van der Waals surface area contributed by atoms with Crippen molar-refractivity contribution in [3.63, 3.8) is 0 Å². The summed E-state index contributed by atoms with van der Waals surface area (Å²) >= 11 is 1.68. The molecular formula is C39H24N2OS. The molecule has 0 spiro atoms. The van der Waals surface area contributed by atoms with Crippen molar-refractivity contribution in [3.8, 4) is 27.9 Å². The van der Waals surface area contributed by atoms with Crippen LogP contribution in [0.15, 0.2) is 150 Å². The first-order valence-electron chi connectivity index (χ1n) is 14.4. The van der Waals surface area contributed by atoms with Crippen LogP contribution in [0.25, 0.3) is 75.6 Å². The molecule has 3 heterocycles. The summed E-state index contributed by atoms with van der Waals surface area (Å²) in [5, 5.41) is 4.23. The van der Waals surface area contributed by atoms with Crippen molar-refractivity contribution in [1.82, 2.24) is 8.97 Å². The van der Waals surface area contributed by atoms with E-state index in [1.165, 1.54) is 16.3 Å². The number of hydrogen-bond donors (Lipinski definition) is 0. The van der Waals surface area contributed by atoms with Crippen LogP contribution >= 0.6 is 11.3 Å². The molecule has 0 fully saturated rings. The molecule has 3 aromatic heterocycles. The van der Waals surface area contributed by atoms with Crippen LogP contribution in [-0.4, -0.2) is 8.97 Å². The number of hydrogen-bond acceptors (Lipinski definition) is 2. The van der Waals surface area contributed by atoms with Gasteiger partial charge >= 0.3 is 0 Å². The minimum atomic E-state index is 0.0209. The van der Waals surface area contributed by atoms with E-state index in [4.69, 9.17) is 0 Å². The van der Waals surface area contributed by atoms with Crippen LogP contribution in [0.2, 0.25) is 0 Å². The second kappa shape index (κ2) is 9.28. The van der Waals surface area contributed by atoms with Gasteiger partial charge < -0.3 is 4.57 Å². The smallest absolute Gasteiger partial charge is 0.264 e. The zero-order valence-corrected chi connectivity index (χ0v) is 23.9. The number of benzene rings is 6. The Balaban J connectivity index is 1.39. The Bertz CT molecular complexity index is 2570. The lowest BCUT2D eigenvalue weighted by Crippen LogP contribution is -2.11. The van der Waals surface area contributed by atoms with E-state index in [2.05, 4.69) is 126 Å². The Hall–Kier alpha value is -5.45. The molecule has 0 aliphatic rings. The fourth-order valence-corrected chi connectivity index (χ4v) is 7.82. The Morgan fingerprint density at radius 2 is 1.14 bits per heavy atom. The third-order valence-corrected chi connectivity index (χ3v) is 9.69. The maximum absolute atomic E-state index is 14.1. The lowest BCUT2D eigenvalue weighted by Gasteiger charge is -2.08. The van der Waals surface area contributed by atoms with Crippen LogP contribution in [0.5, 0.6) is 0 Å². The second-order valence-electron chi connectivity index (χ2n) is 10.9. The van der Waals surface area contributed by atoms with Gasteiger partial charge in [0.05, 0.1) is 21.9 Å². The van der Waals surface area contributed by atoms with Gasteiger partial charge in [-0.25, -0.2) is 0 Å². The first-order chi connectivity index (χ1) is 21.3. The minimum Gasteiger partial charge on any atom is -0.309 e. The molecule has 0 N–H and O–H groups in total. The molecule has 0 saturated heterocycles. The van der Waals surface area contributed by atoms with Gasteiger partial charge in [0, 0.05) is 32.1 Å². The molecule has 0 amide bonds. The number of aromatic nitrogens is 2. The monoisotopic (exact) mass is 568 g/mol. The van der Waals surface area contributed by atoms with Crippen molar-refractivity contribution in [2.24, 2.45) is 0 Å². The van der Waals surface area contributed by atoms with Gasteiger partial charge in [-0.05, 0) is 65.2 Å². The highest BCUT2D eigenvalue weighted by atomic mass is 32.1. The highest BCUT2D eigenvalue weighted by Crippen LogP contribution is 2.42. The van der Waals surface area contributed by atoms with Crippen molar-refractivity contribution in [1.29, 1.82) is 0 Å². The zero-order valence-electron chi connectivity index (χ0n) is 23.1.